The minimum absolute atomic E-state index is 0. The van der Waals surface area contributed by atoms with Crippen molar-refractivity contribution in [3.63, 3.8) is 0 Å². The van der Waals surface area contributed by atoms with Gasteiger partial charge in [-0.2, -0.15) is 0 Å². The molecule has 2 heterocycles. The third kappa shape index (κ3) is 3.36. The van der Waals surface area contributed by atoms with Gasteiger partial charge < -0.3 is 10.2 Å². The predicted octanol–water partition coefficient (Wildman–Crippen LogP) is 1.81. The monoisotopic (exact) mass is 246 g/mol. The first-order valence-electron chi connectivity index (χ1n) is 6.27. The fourth-order valence-corrected chi connectivity index (χ4v) is 2.75. The molecule has 1 atom stereocenters. The van der Waals surface area contributed by atoms with E-state index in [9.17, 15) is 4.79 Å². The third-order valence-electron chi connectivity index (χ3n) is 3.80. The van der Waals surface area contributed by atoms with Crippen LogP contribution in [0.4, 0.5) is 0 Å². The van der Waals surface area contributed by atoms with E-state index < -0.39 is 0 Å². The summed E-state index contributed by atoms with van der Waals surface area (Å²) < 4.78 is 0. The van der Waals surface area contributed by atoms with Crippen molar-refractivity contribution in [2.24, 2.45) is 5.92 Å². The largest absolute Gasteiger partial charge is 0.340 e. The number of carbonyl (C=O) groups is 1. The smallest absolute Gasteiger partial charge is 0.223 e. The average Bonchev–Trinajstić information content (AvgIpc) is 2.66. The van der Waals surface area contributed by atoms with E-state index in [0.29, 0.717) is 17.9 Å². The standard InChI is InChI=1S/C12H22N2O.ClH/c1-10-3-2-8-14(10)12(15)9-11-4-6-13-7-5-11;/h10-11,13H,2-9H2,1H3;1H. The van der Waals surface area contributed by atoms with Crippen LogP contribution in [0.15, 0.2) is 0 Å². The van der Waals surface area contributed by atoms with Gasteiger partial charge in [-0.15, -0.1) is 12.4 Å². The zero-order chi connectivity index (χ0) is 10.7. The van der Waals surface area contributed by atoms with Crippen molar-refractivity contribution >= 4 is 18.3 Å². The molecular weight excluding hydrogens is 224 g/mol. The van der Waals surface area contributed by atoms with Crippen molar-refractivity contribution in [2.75, 3.05) is 19.6 Å². The lowest BCUT2D eigenvalue weighted by Crippen LogP contribution is -2.37. The molecule has 2 fully saturated rings. The molecule has 0 aromatic carbocycles. The highest BCUT2D eigenvalue weighted by molar-refractivity contribution is 5.85. The van der Waals surface area contributed by atoms with Crippen LogP contribution in [0.25, 0.3) is 0 Å². The summed E-state index contributed by atoms with van der Waals surface area (Å²) in [5, 5.41) is 3.34. The van der Waals surface area contributed by atoms with Gasteiger partial charge >= 0.3 is 0 Å². The Morgan fingerprint density at radius 2 is 2.00 bits per heavy atom. The highest BCUT2D eigenvalue weighted by Gasteiger charge is 2.27. The van der Waals surface area contributed by atoms with Gasteiger partial charge in [-0.05, 0) is 51.6 Å². The van der Waals surface area contributed by atoms with Crippen LogP contribution in [0.3, 0.4) is 0 Å². The summed E-state index contributed by atoms with van der Waals surface area (Å²) in [6.45, 7) is 5.35. The summed E-state index contributed by atoms with van der Waals surface area (Å²) in [7, 11) is 0. The van der Waals surface area contributed by atoms with Crippen molar-refractivity contribution in [2.45, 2.75) is 45.1 Å². The van der Waals surface area contributed by atoms with Gasteiger partial charge in [0.1, 0.15) is 0 Å². The molecule has 0 saturated carbocycles. The van der Waals surface area contributed by atoms with Crippen LogP contribution in [0, 0.1) is 5.92 Å². The lowest BCUT2D eigenvalue weighted by Gasteiger charge is -2.26. The summed E-state index contributed by atoms with van der Waals surface area (Å²) in [6, 6.07) is 0.485. The lowest BCUT2D eigenvalue weighted by molar-refractivity contribution is -0.132. The number of carbonyl (C=O) groups excluding carboxylic acids is 1. The quantitative estimate of drug-likeness (QED) is 0.806. The number of amides is 1. The van der Waals surface area contributed by atoms with Crippen LogP contribution in [-0.2, 0) is 4.79 Å². The molecule has 3 nitrogen and oxygen atoms in total. The van der Waals surface area contributed by atoms with Crippen molar-refractivity contribution in [1.29, 1.82) is 0 Å². The molecule has 1 unspecified atom stereocenters. The van der Waals surface area contributed by atoms with Crippen molar-refractivity contribution in [3.8, 4) is 0 Å². The Balaban J connectivity index is 0.00000128. The number of nitrogens with zero attached hydrogens (tertiary/aromatic N) is 1. The molecule has 2 aliphatic heterocycles. The second-order valence-electron chi connectivity index (χ2n) is 4.98. The molecule has 0 bridgehead atoms. The summed E-state index contributed by atoms with van der Waals surface area (Å²) in [5.74, 6) is 1.03. The fraction of sp³-hybridized carbons (Fsp3) is 0.917. The summed E-state index contributed by atoms with van der Waals surface area (Å²) >= 11 is 0. The molecule has 0 radical (unpaired) electrons. The molecule has 16 heavy (non-hydrogen) atoms. The highest BCUT2D eigenvalue weighted by Crippen LogP contribution is 2.22. The number of likely N-dealkylation sites (tertiary alicyclic amines) is 1. The number of hydrogen-bond donors (Lipinski definition) is 1. The van der Waals surface area contributed by atoms with E-state index in [2.05, 4.69) is 17.1 Å². The van der Waals surface area contributed by atoms with Gasteiger partial charge in [0.05, 0.1) is 0 Å². The highest BCUT2D eigenvalue weighted by atomic mass is 35.5. The molecule has 2 rings (SSSR count). The Hall–Kier alpha value is -0.280. The Kier molecular flexibility index (Phi) is 5.56. The average molecular weight is 247 g/mol. The van der Waals surface area contributed by atoms with E-state index in [1.165, 1.54) is 25.7 Å². The molecule has 1 amide bonds. The van der Waals surface area contributed by atoms with E-state index in [0.717, 1.165) is 26.1 Å². The van der Waals surface area contributed by atoms with Crippen LogP contribution in [0.5, 0.6) is 0 Å². The normalized spacial score (nSPS) is 26.6. The van der Waals surface area contributed by atoms with Gasteiger partial charge in [-0.3, -0.25) is 4.79 Å². The molecule has 2 aliphatic rings. The molecule has 0 aromatic rings. The fourth-order valence-electron chi connectivity index (χ4n) is 2.75. The maximum Gasteiger partial charge on any atom is 0.223 e. The van der Waals surface area contributed by atoms with Gasteiger partial charge in [-0.1, -0.05) is 0 Å². The number of halogens is 1. The van der Waals surface area contributed by atoms with Crippen molar-refractivity contribution < 1.29 is 4.79 Å². The number of nitrogens with one attached hydrogen (secondary N) is 1. The minimum atomic E-state index is 0. The summed E-state index contributed by atoms with van der Waals surface area (Å²) in [6.07, 6.45) is 5.52. The van der Waals surface area contributed by atoms with E-state index in [4.69, 9.17) is 0 Å². The zero-order valence-corrected chi connectivity index (χ0v) is 10.9. The predicted molar refractivity (Wildman–Crippen MR) is 67.9 cm³/mol. The maximum atomic E-state index is 12.0. The first-order valence-corrected chi connectivity index (χ1v) is 6.27. The van der Waals surface area contributed by atoms with Crippen LogP contribution in [0.2, 0.25) is 0 Å². The molecule has 0 spiro atoms. The summed E-state index contributed by atoms with van der Waals surface area (Å²) in [5.41, 5.74) is 0. The second-order valence-corrected chi connectivity index (χ2v) is 4.98. The lowest BCUT2D eigenvalue weighted by atomic mass is 9.94. The van der Waals surface area contributed by atoms with E-state index in [1.54, 1.807) is 0 Å². The minimum Gasteiger partial charge on any atom is -0.340 e. The van der Waals surface area contributed by atoms with Crippen LogP contribution in [-0.4, -0.2) is 36.5 Å². The van der Waals surface area contributed by atoms with Gasteiger partial charge in [-0.25, -0.2) is 0 Å². The SMILES string of the molecule is CC1CCCN1C(=O)CC1CCNCC1.Cl. The van der Waals surface area contributed by atoms with Gasteiger partial charge in [0.2, 0.25) is 5.91 Å². The third-order valence-corrected chi connectivity index (χ3v) is 3.80. The van der Waals surface area contributed by atoms with Crippen LogP contribution >= 0.6 is 12.4 Å². The Bertz CT molecular complexity index is 229. The van der Waals surface area contributed by atoms with Gasteiger partial charge in [0.25, 0.3) is 0 Å². The van der Waals surface area contributed by atoms with Crippen LogP contribution in [0.1, 0.15) is 39.0 Å². The first-order chi connectivity index (χ1) is 7.27. The van der Waals surface area contributed by atoms with E-state index >= 15 is 0 Å². The molecule has 2 saturated heterocycles. The first kappa shape index (κ1) is 13.8. The molecule has 0 aliphatic carbocycles. The van der Waals surface area contributed by atoms with E-state index in [1.807, 2.05) is 0 Å². The van der Waals surface area contributed by atoms with Gasteiger partial charge in [0.15, 0.2) is 0 Å². The topological polar surface area (TPSA) is 32.3 Å². The number of rotatable bonds is 2. The zero-order valence-electron chi connectivity index (χ0n) is 10.1. The Morgan fingerprint density at radius 3 is 2.56 bits per heavy atom. The molecular formula is C12H23ClN2O. The van der Waals surface area contributed by atoms with Crippen molar-refractivity contribution in [1.82, 2.24) is 10.2 Å². The second kappa shape index (κ2) is 6.45. The molecule has 94 valence electrons. The van der Waals surface area contributed by atoms with E-state index in [-0.39, 0.29) is 12.4 Å². The van der Waals surface area contributed by atoms with Crippen LogP contribution < -0.4 is 5.32 Å². The molecule has 1 N–H and O–H groups in total. The Labute approximate surface area is 104 Å². The Morgan fingerprint density at radius 1 is 1.31 bits per heavy atom. The van der Waals surface area contributed by atoms with Gasteiger partial charge in [0, 0.05) is 19.0 Å². The number of piperidine rings is 1. The molecule has 4 heteroatoms. The maximum absolute atomic E-state index is 12.0. The summed E-state index contributed by atoms with van der Waals surface area (Å²) in [4.78, 5) is 14.1. The van der Waals surface area contributed by atoms with Crippen molar-refractivity contribution in [3.05, 3.63) is 0 Å². The number of hydrogen-bond acceptors (Lipinski definition) is 2. The molecule has 0 aromatic heterocycles.